The molecule has 3 aromatic heterocycles. The summed E-state index contributed by atoms with van der Waals surface area (Å²) in [5.74, 6) is 2.24. The van der Waals surface area contributed by atoms with Gasteiger partial charge in [-0.3, -0.25) is 0 Å². The number of nitrogens with zero attached hydrogens (tertiary/aromatic N) is 5. The van der Waals surface area contributed by atoms with E-state index in [0.717, 1.165) is 60.3 Å². The molecule has 0 atom stereocenters. The Bertz CT molecular complexity index is 1150. The monoisotopic (exact) mass is 402 g/mol. The molecular formula is C22H22N6O2. The maximum Gasteiger partial charge on any atom is 0.245 e. The van der Waals surface area contributed by atoms with E-state index in [-0.39, 0.29) is 0 Å². The van der Waals surface area contributed by atoms with Crippen molar-refractivity contribution in [3.63, 3.8) is 0 Å². The number of anilines is 3. The predicted octanol–water partition coefficient (Wildman–Crippen LogP) is 3.38. The van der Waals surface area contributed by atoms with Crippen molar-refractivity contribution in [3.8, 4) is 17.0 Å². The summed E-state index contributed by atoms with van der Waals surface area (Å²) in [7, 11) is 1.67. The summed E-state index contributed by atoms with van der Waals surface area (Å²) < 4.78 is 12.8. The molecule has 1 aliphatic heterocycles. The number of morpholine rings is 1. The quantitative estimate of drug-likeness (QED) is 0.548. The molecule has 0 saturated carbocycles. The average Bonchev–Trinajstić information content (AvgIpc) is 3.23. The van der Waals surface area contributed by atoms with Crippen LogP contribution in [0.25, 0.3) is 16.8 Å². The van der Waals surface area contributed by atoms with Crippen LogP contribution in [0.1, 0.15) is 0 Å². The molecule has 0 aliphatic carbocycles. The van der Waals surface area contributed by atoms with Crippen LogP contribution in [0, 0.1) is 0 Å². The molecule has 1 aliphatic rings. The van der Waals surface area contributed by atoms with Crippen LogP contribution in [-0.4, -0.2) is 53.0 Å². The normalized spacial score (nSPS) is 14.1. The van der Waals surface area contributed by atoms with E-state index in [1.54, 1.807) is 19.5 Å². The minimum atomic E-state index is 0.496. The maximum atomic E-state index is 5.51. The van der Waals surface area contributed by atoms with Crippen LogP contribution in [0.4, 0.5) is 17.5 Å². The van der Waals surface area contributed by atoms with Gasteiger partial charge in [0.1, 0.15) is 11.6 Å². The van der Waals surface area contributed by atoms with Gasteiger partial charge in [-0.05, 0) is 36.4 Å². The molecule has 8 nitrogen and oxygen atoms in total. The standard InChI is InChI=1S/C22H22N6O2/c1-29-20-5-3-2-4-18(20)19-8-7-17-15-24-22(26-28(17)19)25-16-6-9-21(23-14-16)27-10-12-30-13-11-27/h2-9,14-15H,10-13H2,1H3,(H,25,26). The molecular weight excluding hydrogens is 380 g/mol. The van der Waals surface area contributed by atoms with Crippen LogP contribution in [-0.2, 0) is 4.74 Å². The number of methoxy groups -OCH3 is 1. The minimum Gasteiger partial charge on any atom is -0.496 e. The molecule has 4 aromatic rings. The first kappa shape index (κ1) is 18.4. The van der Waals surface area contributed by atoms with E-state index in [1.165, 1.54) is 0 Å². The Labute approximate surface area is 174 Å². The SMILES string of the molecule is COc1ccccc1-c1ccc2cnc(Nc3ccc(N4CCOCC4)nc3)nn12. The van der Waals surface area contributed by atoms with Gasteiger partial charge in [0.15, 0.2) is 0 Å². The van der Waals surface area contributed by atoms with Crippen LogP contribution < -0.4 is 15.0 Å². The molecule has 5 rings (SSSR count). The molecule has 0 radical (unpaired) electrons. The molecule has 0 bridgehead atoms. The smallest absolute Gasteiger partial charge is 0.245 e. The Morgan fingerprint density at radius 1 is 0.967 bits per heavy atom. The molecule has 152 valence electrons. The van der Waals surface area contributed by atoms with Gasteiger partial charge in [-0.25, -0.2) is 14.5 Å². The van der Waals surface area contributed by atoms with Gasteiger partial charge in [0, 0.05) is 18.7 Å². The second-order valence-corrected chi connectivity index (χ2v) is 6.97. The molecule has 30 heavy (non-hydrogen) atoms. The highest BCUT2D eigenvalue weighted by atomic mass is 16.5. The summed E-state index contributed by atoms with van der Waals surface area (Å²) in [4.78, 5) is 11.2. The van der Waals surface area contributed by atoms with Gasteiger partial charge in [-0.1, -0.05) is 12.1 Å². The van der Waals surface area contributed by atoms with Crippen LogP contribution in [0.15, 0.2) is 60.9 Å². The number of hydrogen-bond donors (Lipinski definition) is 1. The maximum absolute atomic E-state index is 5.51. The Hall–Kier alpha value is -3.65. The fourth-order valence-electron chi connectivity index (χ4n) is 3.59. The zero-order valence-electron chi connectivity index (χ0n) is 16.7. The number of para-hydroxylation sites is 1. The molecule has 8 heteroatoms. The minimum absolute atomic E-state index is 0.496. The zero-order valence-corrected chi connectivity index (χ0v) is 16.7. The van der Waals surface area contributed by atoms with Gasteiger partial charge >= 0.3 is 0 Å². The number of aromatic nitrogens is 4. The summed E-state index contributed by atoms with van der Waals surface area (Å²) in [6.07, 6.45) is 3.60. The van der Waals surface area contributed by atoms with Gasteiger partial charge in [0.25, 0.3) is 0 Å². The van der Waals surface area contributed by atoms with Crippen molar-refractivity contribution in [1.29, 1.82) is 0 Å². The van der Waals surface area contributed by atoms with Gasteiger partial charge < -0.3 is 19.7 Å². The van der Waals surface area contributed by atoms with Crippen molar-refractivity contribution < 1.29 is 9.47 Å². The number of benzene rings is 1. The Morgan fingerprint density at radius 2 is 1.83 bits per heavy atom. The summed E-state index contributed by atoms with van der Waals surface area (Å²) in [6.45, 7) is 3.19. The highest BCUT2D eigenvalue weighted by Crippen LogP contribution is 2.30. The van der Waals surface area contributed by atoms with E-state index in [4.69, 9.17) is 9.47 Å². The third kappa shape index (κ3) is 3.53. The van der Waals surface area contributed by atoms with Crippen molar-refractivity contribution in [2.75, 3.05) is 43.6 Å². The first-order chi connectivity index (χ1) is 14.8. The zero-order chi connectivity index (χ0) is 20.3. The summed E-state index contributed by atoms with van der Waals surface area (Å²) in [5, 5.41) is 7.92. The Kier molecular flexibility index (Phi) is 4.90. The topological polar surface area (TPSA) is 76.8 Å². The van der Waals surface area contributed by atoms with Gasteiger partial charge in [0.05, 0.1) is 49.6 Å². The van der Waals surface area contributed by atoms with E-state index in [9.17, 15) is 0 Å². The van der Waals surface area contributed by atoms with Gasteiger partial charge in [-0.15, -0.1) is 5.10 Å². The lowest BCUT2D eigenvalue weighted by Crippen LogP contribution is -2.36. The average molecular weight is 402 g/mol. The van der Waals surface area contributed by atoms with Crippen LogP contribution in [0.2, 0.25) is 0 Å². The van der Waals surface area contributed by atoms with E-state index < -0.39 is 0 Å². The predicted molar refractivity (Wildman–Crippen MR) is 116 cm³/mol. The summed E-state index contributed by atoms with van der Waals surface area (Å²) in [6, 6.07) is 15.9. The lowest BCUT2D eigenvalue weighted by atomic mass is 10.1. The Balaban J connectivity index is 1.41. The molecule has 0 unspecified atom stereocenters. The highest BCUT2D eigenvalue weighted by molar-refractivity contribution is 5.72. The fraction of sp³-hybridized carbons (Fsp3) is 0.227. The van der Waals surface area contributed by atoms with Crippen molar-refractivity contribution in [2.45, 2.75) is 0 Å². The van der Waals surface area contributed by atoms with Crippen molar-refractivity contribution in [1.82, 2.24) is 19.6 Å². The van der Waals surface area contributed by atoms with Crippen molar-refractivity contribution in [3.05, 3.63) is 60.9 Å². The molecule has 0 spiro atoms. The first-order valence-electron chi connectivity index (χ1n) is 9.86. The van der Waals surface area contributed by atoms with Crippen molar-refractivity contribution >= 4 is 23.0 Å². The van der Waals surface area contributed by atoms with Gasteiger partial charge in [-0.2, -0.15) is 0 Å². The molecule has 1 saturated heterocycles. The van der Waals surface area contributed by atoms with Crippen LogP contribution in [0.5, 0.6) is 5.75 Å². The lowest BCUT2D eigenvalue weighted by molar-refractivity contribution is 0.122. The number of pyridine rings is 1. The second-order valence-electron chi connectivity index (χ2n) is 6.97. The van der Waals surface area contributed by atoms with Crippen molar-refractivity contribution in [2.24, 2.45) is 0 Å². The third-order valence-corrected chi connectivity index (χ3v) is 5.12. The number of nitrogens with one attached hydrogen (secondary N) is 1. The second kappa shape index (κ2) is 8.00. The van der Waals surface area contributed by atoms with E-state index in [2.05, 4.69) is 25.3 Å². The van der Waals surface area contributed by atoms with E-state index in [0.29, 0.717) is 5.95 Å². The molecule has 1 fully saturated rings. The van der Waals surface area contributed by atoms with E-state index in [1.807, 2.05) is 53.0 Å². The van der Waals surface area contributed by atoms with Gasteiger partial charge in [0.2, 0.25) is 5.95 Å². The van der Waals surface area contributed by atoms with Crippen LogP contribution >= 0.6 is 0 Å². The van der Waals surface area contributed by atoms with E-state index >= 15 is 0 Å². The third-order valence-electron chi connectivity index (χ3n) is 5.12. The lowest BCUT2D eigenvalue weighted by Gasteiger charge is -2.27. The summed E-state index contributed by atoms with van der Waals surface area (Å²) >= 11 is 0. The molecule has 4 heterocycles. The fourth-order valence-corrected chi connectivity index (χ4v) is 3.59. The molecule has 1 aromatic carbocycles. The largest absolute Gasteiger partial charge is 0.496 e. The number of rotatable bonds is 5. The highest BCUT2D eigenvalue weighted by Gasteiger charge is 2.13. The number of fused-ring (bicyclic) bond motifs is 1. The number of ether oxygens (including phenoxy) is 2. The number of hydrogen-bond acceptors (Lipinski definition) is 7. The molecule has 0 amide bonds. The summed E-state index contributed by atoms with van der Waals surface area (Å²) in [5.41, 5.74) is 3.65. The van der Waals surface area contributed by atoms with Crippen LogP contribution in [0.3, 0.4) is 0 Å². The molecule has 1 N–H and O–H groups in total. The first-order valence-corrected chi connectivity index (χ1v) is 9.86. The Morgan fingerprint density at radius 3 is 2.63 bits per heavy atom.